The van der Waals surface area contributed by atoms with Crippen LogP contribution in [-0.2, 0) is 6.54 Å². The van der Waals surface area contributed by atoms with Crippen LogP contribution in [0.25, 0.3) is 0 Å². The zero-order chi connectivity index (χ0) is 11.4. The van der Waals surface area contributed by atoms with E-state index in [1.165, 1.54) is 12.1 Å². The van der Waals surface area contributed by atoms with Gasteiger partial charge in [0.2, 0.25) is 0 Å². The van der Waals surface area contributed by atoms with Gasteiger partial charge in [0, 0.05) is 24.7 Å². The van der Waals surface area contributed by atoms with Gasteiger partial charge >= 0.3 is 0 Å². The molecule has 3 N–H and O–H groups in total. The quantitative estimate of drug-likeness (QED) is 0.800. The first kappa shape index (κ1) is 12.1. The third-order valence-corrected chi connectivity index (χ3v) is 2.36. The van der Waals surface area contributed by atoms with Gasteiger partial charge in [0.25, 0.3) is 0 Å². The fraction of sp³-hybridized carbons (Fsp3) is 0.455. The van der Waals surface area contributed by atoms with Crippen LogP contribution in [0.15, 0.2) is 12.1 Å². The Bertz CT molecular complexity index is 340. The van der Waals surface area contributed by atoms with Gasteiger partial charge in [-0.1, -0.05) is 6.07 Å². The molecule has 0 spiro atoms. The minimum absolute atomic E-state index is 0.0457. The van der Waals surface area contributed by atoms with Crippen LogP contribution < -0.4 is 11.1 Å². The molecule has 0 aliphatic carbocycles. The number of aryl methyl sites for hydroxylation is 1. The lowest BCUT2D eigenvalue weighted by Gasteiger charge is -2.13. The number of halogens is 2. The Labute approximate surface area is 88.5 Å². The molecule has 0 bridgehead atoms. The lowest BCUT2D eigenvalue weighted by Crippen LogP contribution is -2.33. The highest BCUT2D eigenvalue weighted by atomic mass is 19.1. The molecule has 0 saturated carbocycles. The maximum absolute atomic E-state index is 13.5. The summed E-state index contributed by atoms with van der Waals surface area (Å²) >= 11 is 0. The molecule has 0 heterocycles. The summed E-state index contributed by atoms with van der Waals surface area (Å²) < 4.78 is 26.8. The molecular weight excluding hydrogens is 198 g/mol. The second-order valence-electron chi connectivity index (χ2n) is 3.67. The van der Waals surface area contributed by atoms with Crippen molar-refractivity contribution >= 4 is 0 Å². The third kappa shape index (κ3) is 2.97. The summed E-state index contributed by atoms with van der Waals surface area (Å²) in [6, 6.07) is 2.76. The number of rotatable bonds is 4. The monoisotopic (exact) mass is 214 g/mol. The predicted molar refractivity (Wildman–Crippen MR) is 56.5 cm³/mol. The van der Waals surface area contributed by atoms with Crippen LogP contribution in [0.3, 0.4) is 0 Å². The topological polar surface area (TPSA) is 38.0 Å². The summed E-state index contributed by atoms with van der Waals surface area (Å²) in [6.07, 6.45) is 0. The van der Waals surface area contributed by atoms with Crippen LogP contribution in [0, 0.1) is 18.6 Å². The molecule has 4 heteroatoms. The van der Waals surface area contributed by atoms with Crippen molar-refractivity contribution in [3.63, 3.8) is 0 Å². The van der Waals surface area contributed by atoms with Gasteiger partial charge in [-0.15, -0.1) is 0 Å². The maximum Gasteiger partial charge on any atom is 0.133 e. The highest BCUT2D eigenvalue weighted by Crippen LogP contribution is 2.15. The van der Waals surface area contributed by atoms with Crippen molar-refractivity contribution in [2.24, 2.45) is 5.73 Å². The van der Waals surface area contributed by atoms with Crippen molar-refractivity contribution in [1.29, 1.82) is 0 Å². The van der Waals surface area contributed by atoms with Crippen molar-refractivity contribution in [1.82, 2.24) is 5.32 Å². The fourth-order valence-electron chi connectivity index (χ4n) is 1.24. The first-order valence-electron chi connectivity index (χ1n) is 4.93. The highest BCUT2D eigenvalue weighted by Gasteiger charge is 2.11. The van der Waals surface area contributed by atoms with Gasteiger partial charge in [-0.3, -0.25) is 0 Å². The van der Waals surface area contributed by atoms with Crippen molar-refractivity contribution in [3.8, 4) is 0 Å². The summed E-state index contributed by atoms with van der Waals surface area (Å²) in [4.78, 5) is 0. The molecule has 0 saturated heterocycles. The Kier molecular flexibility index (Phi) is 4.17. The molecule has 1 atom stereocenters. The molecule has 0 aromatic heterocycles. The number of hydrogen-bond donors (Lipinski definition) is 2. The number of benzene rings is 1. The first-order valence-corrected chi connectivity index (χ1v) is 4.93. The van der Waals surface area contributed by atoms with Crippen molar-refractivity contribution in [2.45, 2.75) is 26.4 Å². The first-order chi connectivity index (χ1) is 7.06. The summed E-state index contributed by atoms with van der Waals surface area (Å²) in [7, 11) is 0. The van der Waals surface area contributed by atoms with Gasteiger partial charge in [0.05, 0.1) is 0 Å². The van der Waals surface area contributed by atoms with Crippen molar-refractivity contribution in [2.75, 3.05) is 6.54 Å². The average molecular weight is 214 g/mol. The maximum atomic E-state index is 13.5. The number of nitrogens with two attached hydrogens (primary N) is 1. The highest BCUT2D eigenvalue weighted by molar-refractivity contribution is 5.26. The lowest BCUT2D eigenvalue weighted by molar-refractivity contribution is 0.500. The van der Waals surface area contributed by atoms with E-state index in [1.54, 1.807) is 6.92 Å². The molecule has 15 heavy (non-hydrogen) atoms. The molecule has 2 nitrogen and oxygen atoms in total. The van der Waals surface area contributed by atoms with Gasteiger partial charge in [-0.05, 0) is 25.5 Å². The van der Waals surface area contributed by atoms with E-state index in [0.29, 0.717) is 12.1 Å². The normalized spacial score (nSPS) is 12.9. The summed E-state index contributed by atoms with van der Waals surface area (Å²) in [5.74, 6) is -0.999. The second-order valence-corrected chi connectivity index (χ2v) is 3.67. The molecule has 0 amide bonds. The Hall–Kier alpha value is -1.00. The smallest absolute Gasteiger partial charge is 0.133 e. The van der Waals surface area contributed by atoms with Crippen LogP contribution in [0.1, 0.15) is 18.1 Å². The van der Waals surface area contributed by atoms with E-state index < -0.39 is 11.6 Å². The Balaban J connectivity index is 2.80. The molecule has 1 rings (SSSR count). The fourth-order valence-corrected chi connectivity index (χ4v) is 1.24. The van der Waals surface area contributed by atoms with Crippen LogP contribution in [0.2, 0.25) is 0 Å². The second kappa shape index (κ2) is 5.19. The van der Waals surface area contributed by atoms with E-state index in [1.807, 2.05) is 6.92 Å². The summed E-state index contributed by atoms with van der Waals surface area (Å²) in [6.45, 7) is 4.09. The van der Waals surface area contributed by atoms with Gasteiger partial charge in [0.1, 0.15) is 11.6 Å². The van der Waals surface area contributed by atoms with E-state index in [9.17, 15) is 8.78 Å². The molecule has 0 fully saturated rings. The minimum atomic E-state index is -0.519. The molecule has 0 aliphatic heterocycles. The Morgan fingerprint density at radius 3 is 2.67 bits per heavy atom. The molecular formula is C11H16F2N2. The summed E-state index contributed by atoms with van der Waals surface area (Å²) in [5, 5.41) is 2.95. The van der Waals surface area contributed by atoms with Gasteiger partial charge < -0.3 is 11.1 Å². The van der Waals surface area contributed by atoms with E-state index >= 15 is 0 Å². The Morgan fingerprint density at radius 1 is 1.40 bits per heavy atom. The van der Waals surface area contributed by atoms with Crippen LogP contribution >= 0.6 is 0 Å². The van der Waals surface area contributed by atoms with Gasteiger partial charge in [0.15, 0.2) is 0 Å². The Morgan fingerprint density at radius 2 is 2.07 bits per heavy atom. The van der Waals surface area contributed by atoms with Crippen LogP contribution in [-0.4, -0.2) is 12.6 Å². The lowest BCUT2D eigenvalue weighted by atomic mass is 10.1. The summed E-state index contributed by atoms with van der Waals surface area (Å²) in [5.41, 5.74) is 5.92. The molecule has 0 radical (unpaired) electrons. The van der Waals surface area contributed by atoms with E-state index in [0.717, 1.165) is 0 Å². The predicted octanol–water partition coefficient (Wildman–Crippen LogP) is 1.71. The average Bonchev–Trinajstić information content (AvgIpc) is 2.23. The third-order valence-electron chi connectivity index (χ3n) is 2.36. The number of nitrogens with one attached hydrogen (secondary N) is 1. The largest absolute Gasteiger partial charge is 0.329 e. The minimum Gasteiger partial charge on any atom is -0.329 e. The zero-order valence-electron chi connectivity index (χ0n) is 8.98. The van der Waals surface area contributed by atoms with Gasteiger partial charge in [-0.25, -0.2) is 8.78 Å². The van der Waals surface area contributed by atoms with Crippen LogP contribution in [0.4, 0.5) is 8.78 Å². The SMILES string of the molecule is Cc1ccc(F)c(CNC(C)CN)c1F. The van der Waals surface area contributed by atoms with E-state index in [2.05, 4.69) is 5.32 Å². The molecule has 84 valence electrons. The van der Waals surface area contributed by atoms with Gasteiger partial charge in [-0.2, -0.15) is 0 Å². The van der Waals surface area contributed by atoms with E-state index in [4.69, 9.17) is 5.73 Å². The van der Waals surface area contributed by atoms with Crippen molar-refractivity contribution in [3.05, 3.63) is 34.9 Å². The van der Waals surface area contributed by atoms with Crippen LogP contribution in [0.5, 0.6) is 0 Å². The standard InChI is InChI=1S/C11H16F2N2/c1-7-3-4-10(12)9(11(7)13)6-15-8(2)5-14/h3-4,8,15H,5-6,14H2,1-2H3. The van der Waals surface area contributed by atoms with Crippen molar-refractivity contribution < 1.29 is 8.78 Å². The van der Waals surface area contributed by atoms with E-state index in [-0.39, 0.29) is 18.2 Å². The number of hydrogen-bond acceptors (Lipinski definition) is 2. The molecule has 0 aliphatic rings. The molecule has 1 unspecified atom stereocenters. The molecule has 1 aromatic carbocycles. The molecule has 1 aromatic rings. The zero-order valence-corrected chi connectivity index (χ0v) is 8.98.